The van der Waals surface area contributed by atoms with Gasteiger partial charge in [0.2, 0.25) is 0 Å². The Morgan fingerprint density at radius 2 is 2.17 bits per heavy atom. The first-order chi connectivity index (χ1) is 8.56. The molecule has 0 aliphatic carbocycles. The van der Waals surface area contributed by atoms with Gasteiger partial charge in [-0.05, 0) is 45.7 Å². The molecule has 1 aromatic heterocycles. The minimum absolute atomic E-state index is 0.0760. The van der Waals surface area contributed by atoms with E-state index in [1.807, 2.05) is 5.38 Å². The highest BCUT2D eigenvalue weighted by Gasteiger charge is 2.22. The maximum absolute atomic E-state index is 11.2. The number of aromatic nitrogens is 1. The van der Waals surface area contributed by atoms with Crippen LogP contribution in [0.15, 0.2) is 5.38 Å². The van der Waals surface area contributed by atoms with Gasteiger partial charge in [-0.1, -0.05) is 0 Å². The summed E-state index contributed by atoms with van der Waals surface area (Å²) in [5, 5.41) is 3.02. The summed E-state index contributed by atoms with van der Waals surface area (Å²) in [6, 6.07) is 0.662. The Morgan fingerprint density at radius 3 is 2.67 bits per heavy atom. The molecular formula is C14H22N2OS. The van der Waals surface area contributed by atoms with Crippen LogP contribution < -0.4 is 0 Å². The molecule has 0 unspecified atom stereocenters. The molecule has 1 aromatic rings. The van der Waals surface area contributed by atoms with E-state index in [0.29, 0.717) is 11.7 Å². The zero-order valence-electron chi connectivity index (χ0n) is 11.5. The van der Waals surface area contributed by atoms with Gasteiger partial charge in [0.05, 0.1) is 5.01 Å². The van der Waals surface area contributed by atoms with E-state index >= 15 is 0 Å². The third-order valence-corrected chi connectivity index (χ3v) is 4.63. The van der Waals surface area contributed by atoms with Crippen molar-refractivity contribution in [2.24, 2.45) is 5.92 Å². The molecule has 3 nitrogen and oxygen atoms in total. The number of rotatable bonds is 4. The lowest BCUT2D eigenvalue weighted by Gasteiger charge is -2.34. The van der Waals surface area contributed by atoms with Crippen molar-refractivity contribution < 1.29 is 4.79 Å². The zero-order chi connectivity index (χ0) is 13.1. The van der Waals surface area contributed by atoms with E-state index in [2.05, 4.69) is 23.7 Å². The Hall–Kier alpha value is -0.740. The molecule has 2 rings (SSSR count). The number of hydrogen-bond donors (Lipinski definition) is 0. The van der Waals surface area contributed by atoms with Crippen LogP contribution in [-0.2, 0) is 6.42 Å². The number of nitrogens with zero attached hydrogens (tertiary/aromatic N) is 2. The largest absolute Gasteiger partial charge is 0.301 e. The molecule has 4 heteroatoms. The number of Topliss-reactive ketones (excluding diaryl/α,β-unsaturated/α-hetero) is 1. The van der Waals surface area contributed by atoms with Gasteiger partial charge in [-0.2, -0.15) is 0 Å². The summed E-state index contributed by atoms with van der Waals surface area (Å²) < 4.78 is 0. The molecule has 100 valence electrons. The molecule has 2 heterocycles. The predicted octanol–water partition coefficient (Wildman–Crippen LogP) is 3.01. The fourth-order valence-electron chi connectivity index (χ4n) is 2.49. The van der Waals surface area contributed by atoms with Crippen LogP contribution in [0, 0.1) is 5.92 Å². The third kappa shape index (κ3) is 3.39. The van der Waals surface area contributed by atoms with Gasteiger partial charge in [0.25, 0.3) is 0 Å². The molecule has 0 saturated carbocycles. The summed E-state index contributed by atoms with van der Waals surface area (Å²) >= 11 is 1.63. The first-order valence-corrected chi connectivity index (χ1v) is 7.63. The molecule has 0 N–H and O–H groups in total. The Balaban J connectivity index is 1.85. The van der Waals surface area contributed by atoms with Gasteiger partial charge in [-0.3, -0.25) is 4.79 Å². The number of carbonyl (C=O) groups excluding carboxylic acids is 1. The van der Waals surface area contributed by atoms with Crippen LogP contribution in [0.1, 0.15) is 49.1 Å². The second kappa shape index (κ2) is 5.93. The maximum atomic E-state index is 11.2. The van der Waals surface area contributed by atoms with E-state index in [4.69, 9.17) is 0 Å². The van der Waals surface area contributed by atoms with E-state index in [-0.39, 0.29) is 5.78 Å². The normalized spacial score (nSPS) is 18.4. The summed E-state index contributed by atoms with van der Waals surface area (Å²) in [4.78, 5) is 18.2. The van der Waals surface area contributed by atoms with Gasteiger partial charge in [0.1, 0.15) is 5.69 Å². The molecule has 0 radical (unpaired) electrons. The number of thiazole rings is 1. The second-order valence-electron chi connectivity index (χ2n) is 5.46. The highest BCUT2D eigenvalue weighted by molar-refractivity contribution is 7.09. The number of carbonyl (C=O) groups is 1. The summed E-state index contributed by atoms with van der Waals surface area (Å²) in [6.45, 7) is 8.51. The molecule has 0 aromatic carbocycles. The molecule has 1 saturated heterocycles. The molecular weight excluding hydrogens is 244 g/mol. The summed E-state index contributed by atoms with van der Waals surface area (Å²) in [5.41, 5.74) is 0.634. The van der Waals surface area contributed by atoms with Crippen LogP contribution in [0.2, 0.25) is 0 Å². The average Bonchev–Trinajstić information content (AvgIpc) is 2.78. The number of piperidine rings is 1. The lowest BCUT2D eigenvalue weighted by Crippen LogP contribution is -2.38. The molecule has 1 aliphatic heterocycles. The summed E-state index contributed by atoms with van der Waals surface area (Å²) in [7, 11) is 0. The van der Waals surface area contributed by atoms with Crippen LogP contribution >= 0.6 is 11.3 Å². The predicted molar refractivity (Wildman–Crippen MR) is 75.3 cm³/mol. The summed E-state index contributed by atoms with van der Waals surface area (Å²) in [6.07, 6.45) is 3.56. The van der Waals surface area contributed by atoms with Crippen molar-refractivity contribution in [2.75, 3.05) is 13.1 Å². The first-order valence-electron chi connectivity index (χ1n) is 6.75. The molecule has 1 fully saturated rings. The van der Waals surface area contributed by atoms with Crippen molar-refractivity contribution in [3.8, 4) is 0 Å². The smallest absolute Gasteiger partial charge is 0.178 e. The third-order valence-electron chi connectivity index (χ3n) is 3.76. The SMILES string of the molecule is CC(=O)c1csc(CC2CCN(C(C)C)CC2)n1. The fourth-order valence-corrected chi connectivity index (χ4v) is 3.44. The topological polar surface area (TPSA) is 33.2 Å². The van der Waals surface area contributed by atoms with Crippen LogP contribution in [0.5, 0.6) is 0 Å². The Kier molecular flexibility index (Phi) is 4.51. The minimum atomic E-state index is 0.0760. The van der Waals surface area contributed by atoms with Crippen LogP contribution in [-0.4, -0.2) is 34.8 Å². The van der Waals surface area contributed by atoms with E-state index in [9.17, 15) is 4.79 Å². The van der Waals surface area contributed by atoms with Crippen molar-refractivity contribution in [3.05, 3.63) is 16.1 Å². The first kappa shape index (κ1) is 13.7. The zero-order valence-corrected chi connectivity index (χ0v) is 12.3. The van der Waals surface area contributed by atoms with Crippen molar-refractivity contribution in [3.63, 3.8) is 0 Å². The van der Waals surface area contributed by atoms with Crippen molar-refractivity contribution in [1.82, 2.24) is 9.88 Å². The summed E-state index contributed by atoms with van der Waals surface area (Å²) in [5.74, 6) is 0.818. The van der Waals surface area contributed by atoms with Crippen LogP contribution in [0.4, 0.5) is 0 Å². The Labute approximate surface area is 113 Å². The lowest BCUT2D eigenvalue weighted by atomic mass is 9.93. The fraction of sp³-hybridized carbons (Fsp3) is 0.714. The highest BCUT2D eigenvalue weighted by Crippen LogP contribution is 2.24. The lowest BCUT2D eigenvalue weighted by molar-refractivity contribution is 0.101. The van der Waals surface area contributed by atoms with Crippen molar-refractivity contribution in [1.29, 1.82) is 0 Å². The number of hydrogen-bond acceptors (Lipinski definition) is 4. The second-order valence-corrected chi connectivity index (χ2v) is 6.40. The van der Waals surface area contributed by atoms with Crippen LogP contribution in [0.25, 0.3) is 0 Å². The van der Waals surface area contributed by atoms with E-state index in [1.54, 1.807) is 18.3 Å². The molecule has 0 spiro atoms. The highest BCUT2D eigenvalue weighted by atomic mass is 32.1. The van der Waals surface area contributed by atoms with Crippen molar-refractivity contribution >= 4 is 17.1 Å². The van der Waals surface area contributed by atoms with Gasteiger partial charge < -0.3 is 4.90 Å². The van der Waals surface area contributed by atoms with Gasteiger partial charge in [0, 0.05) is 24.8 Å². The van der Waals surface area contributed by atoms with E-state index in [0.717, 1.165) is 17.3 Å². The van der Waals surface area contributed by atoms with Crippen molar-refractivity contribution in [2.45, 2.75) is 46.1 Å². The maximum Gasteiger partial charge on any atom is 0.178 e. The average molecular weight is 266 g/mol. The van der Waals surface area contributed by atoms with E-state index in [1.165, 1.54) is 25.9 Å². The van der Waals surface area contributed by atoms with E-state index < -0.39 is 0 Å². The number of likely N-dealkylation sites (tertiary alicyclic amines) is 1. The van der Waals surface area contributed by atoms with Gasteiger partial charge in [-0.25, -0.2) is 4.98 Å². The van der Waals surface area contributed by atoms with Gasteiger partial charge in [0.15, 0.2) is 5.78 Å². The Morgan fingerprint density at radius 1 is 1.50 bits per heavy atom. The van der Waals surface area contributed by atoms with Gasteiger partial charge in [-0.15, -0.1) is 11.3 Å². The standard InChI is InChI=1S/C14H22N2OS/c1-10(2)16-6-4-12(5-7-16)8-14-15-13(9-18-14)11(3)17/h9-10,12H,4-8H2,1-3H3. The quantitative estimate of drug-likeness (QED) is 0.785. The minimum Gasteiger partial charge on any atom is -0.301 e. The number of ketones is 1. The molecule has 0 atom stereocenters. The molecule has 18 heavy (non-hydrogen) atoms. The molecule has 1 aliphatic rings. The molecule has 0 bridgehead atoms. The Bertz CT molecular complexity index is 406. The van der Waals surface area contributed by atoms with Gasteiger partial charge >= 0.3 is 0 Å². The van der Waals surface area contributed by atoms with Crippen LogP contribution in [0.3, 0.4) is 0 Å². The molecule has 0 amide bonds. The monoisotopic (exact) mass is 266 g/mol.